The number of methoxy groups -OCH3 is 1. The van der Waals surface area contributed by atoms with E-state index in [2.05, 4.69) is 5.32 Å². The van der Waals surface area contributed by atoms with Gasteiger partial charge in [0.1, 0.15) is 5.75 Å². The zero-order valence-corrected chi connectivity index (χ0v) is 10.9. The van der Waals surface area contributed by atoms with Crippen molar-refractivity contribution in [1.82, 2.24) is 5.32 Å². The monoisotopic (exact) mass is 251 g/mol. The SMILES string of the molecule is COc1cccc(S[C@@H](C)C(=O)NC2CC2)c1. The van der Waals surface area contributed by atoms with E-state index in [4.69, 9.17) is 4.74 Å². The fourth-order valence-corrected chi connectivity index (χ4v) is 2.40. The second-order valence-corrected chi connectivity index (χ2v) is 5.64. The highest BCUT2D eigenvalue weighted by molar-refractivity contribution is 8.00. The number of hydrogen-bond donors (Lipinski definition) is 1. The van der Waals surface area contributed by atoms with Crippen LogP contribution >= 0.6 is 11.8 Å². The van der Waals surface area contributed by atoms with Crippen LogP contribution in [0.25, 0.3) is 0 Å². The molecule has 0 heterocycles. The van der Waals surface area contributed by atoms with E-state index >= 15 is 0 Å². The quantitative estimate of drug-likeness (QED) is 0.817. The second kappa shape index (κ2) is 5.45. The summed E-state index contributed by atoms with van der Waals surface area (Å²) in [6.45, 7) is 1.93. The first-order chi connectivity index (χ1) is 8.19. The molecule has 92 valence electrons. The van der Waals surface area contributed by atoms with Gasteiger partial charge in [0.25, 0.3) is 0 Å². The van der Waals surface area contributed by atoms with Gasteiger partial charge in [-0.25, -0.2) is 0 Å². The summed E-state index contributed by atoms with van der Waals surface area (Å²) < 4.78 is 5.16. The maximum absolute atomic E-state index is 11.8. The van der Waals surface area contributed by atoms with Crippen molar-refractivity contribution in [3.63, 3.8) is 0 Å². The summed E-state index contributed by atoms with van der Waals surface area (Å²) in [7, 11) is 1.65. The molecular weight excluding hydrogens is 234 g/mol. The van der Waals surface area contributed by atoms with E-state index < -0.39 is 0 Å². The number of nitrogens with one attached hydrogen (secondary N) is 1. The highest BCUT2D eigenvalue weighted by Crippen LogP contribution is 2.27. The summed E-state index contributed by atoms with van der Waals surface area (Å²) in [5.74, 6) is 0.949. The molecule has 0 unspecified atom stereocenters. The van der Waals surface area contributed by atoms with Crippen LogP contribution < -0.4 is 10.1 Å². The smallest absolute Gasteiger partial charge is 0.233 e. The maximum atomic E-state index is 11.8. The van der Waals surface area contributed by atoms with E-state index in [0.29, 0.717) is 6.04 Å². The molecule has 1 N–H and O–H groups in total. The lowest BCUT2D eigenvalue weighted by molar-refractivity contribution is -0.120. The number of benzene rings is 1. The Morgan fingerprint density at radius 1 is 1.53 bits per heavy atom. The molecule has 2 rings (SSSR count). The van der Waals surface area contributed by atoms with Gasteiger partial charge in [0.15, 0.2) is 0 Å². The molecule has 1 atom stereocenters. The summed E-state index contributed by atoms with van der Waals surface area (Å²) in [5, 5.41) is 2.94. The van der Waals surface area contributed by atoms with Gasteiger partial charge in [0.2, 0.25) is 5.91 Å². The van der Waals surface area contributed by atoms with Gasteiger partial charge in [0.05, 0.1) is 12.4 Å². The molecule has 0 saturated heterocycles. The van der Waals surface area contributed by atoms with Gasteiger partial charge in [-0.05, 0) is 38.0 Å². The van der Waals surface area contributed by atoms with E-state index in [-0.39, 0.29) is 11.2 Å². The first-order valence-corrected chi connectivity index (χ1v) is 6.68. The van der Waals surface area contributed by atoms with Crippen LogP contribution in [0.5, 0.6) is 5.75 Å². The van der Waals surface area contributed by atoms with Gasteiger partial charge in [0, 0.05) is 10.9 Å². The first kappa shape index (κ1) is 12.3. The summed E-state index contributed by atoms with van der Waals surface area (Å²) in [4.78, 5) is 12.8. The Hall–Kier alpha value is -1.16. The van der Waals surface area contributed by atoms with Gasteiger partial charge >= 0.3 is 0 Å². The number of carbonyl (C=O) groups excluding carboxylic acids is 1. The number of hydrogen-bond acceptors (Lipinski definition) is 3. The Balaban J connectivity index is 1.91. The molecule has 4 heteroatoms. The molecule has 3 nitrogen and oxygen atoms in total. The van der Waals surface area contributed by atoms with E-state index in [1.54, 1.807) is 18.9 Å². The predicted molar refractivity (Wildman–Crippen MR) is 69.5 cm³/mol. The minimum atomic E-state index is -0.0669. The van der Waals surface area contributed by atoms with Gasteiger partial charge in [-0.15, -0.1) is 11.8 Å². The fraction of sp³-hybridized carbons (Fsp3) is 0.462. The third kappa shape index (κ3) is 3.66. The molecule has 1 fully saturated rings. The van der Waals surface area contributed by atoms with Crippen LogP contribution in [-0.4, -0.2) is 24.3 Å². The molecule has 1 saturated carbocycles. The van der Waals surface area contributed by atoms with Crippen molar-refractivity contribution in [3.05, 3.63) is 24.3 Å². The van der Waals surface area contributed by atoms with Crippen molar-refractivity contribution in [2.45, 2.75) is 36.0 Å². The zero-order valence-electron chi connectivity index (χ0n) is 10.1. The fourth-order valence-electron chi connectivity index (χ4n) is 1.48. The van der Waals surface area contributed by atoms with Gasteiger partial charge < -0.3 is 10.1 Å². The molecule has 1 aromatic rings. The number of ether oxygens (including phenoxy) is 1. The molecule has 0 aliphatic heterocycles. The standard InChI is InChI=1S/C13H17NO2S/c1-9(13(15)14-10-6-7-10)17-12-5-3-4-11(8-12)16-2/h3-5,8-10H,6-7H2,1-2H3,(H,14,15)/t9-/m0/s1. The van der Waals surface area contributed by atoms with Crippen molar-refractivity contribution in [3.8, 4) is 5.75 Å². The van der Waals surface area contributed by atoms with Crippen molar-refractivity contribution < 1.29 is 9.53 Å². The summed E-state index contributed by atoms with van der Waals surface area (Å²) in [6.07, 6.45) is 2.25. The Kier molecular flexibility index (Phi) is 3.94. The normalized spacial score (nSPS) is 16.4. The molecule has 0 spiro atoms. The molecule has 1 amide bonds. The van der Waals surface area contributed by atoms with Gasteiger partial charge in [-0.3, -0.25) is 4.79 Å². The first-order valence-electron chi connectivity index (χ1n) is 5.80. The molecule has 0 bridgehead atoms. The van der Waals surface area contributed by atoms with Crippen molar-refractivity contribution in [2.24, 2.45) is 0 Å². The molecule has 17 heavy (non-hydrogen) atoms. The largest absolute Gasteiger partial charge is 0.497 e. The zero-order chi connectivity index (χ0) is 12.3. The van der Waals surface area contributed by atoms with Crippen LogP contribution in [0.2, 0.25) is 0 Å². The van der Waals surface area contributed by atoms with E-state index in [0.717, 1.165) is 23.5 Å². The van der Waals surface area contributed by atoms with E-state index in [1.807, 2.05) is 31.2 Å². The molecule has 0 aromatic heterocycles. The number of carbonyl (C=O) groups is 1. The Labute approximate surface area is 106 Å². The van der Waals surface area contributed by atoms with Gasteiger partial charge in [-0.1, -0.05) is 6.07 Å². The molecule has 1 aliphatic carbocycles. The Morgan fingerprint density at radius 3 is 2.94 bits per heavy atom. The Morgan fingerprint density at radius 2 is 2.29 bits per heavy atom. The predicted octanol–water partition coefficient (Wildman–Crippen LogP) is 2.45. The minimum Gasteiger partial charge on any atom is -0.497 e. The topological polar surface area (TPSA) is 38.3 Å². The van der Waals surface area contributed by atoms with Crippen molar-refractivity contribution >= 4 is 17.7 Å². The molecule has 1 aromatic carbocycles. The van der Waals surface area contributed by atoms with Crippen molar-refractivity contribution in [2.75, 3.05) is 7.11 Å². The average molecular weight is 251 g/mol. The lowest BCUT2D eigenvalue weighted by Gasteiger charge is -2.11. The highest BCUT2D eigenvalue weighted by atomic mass is 32.2. The lowest BCUT2D eigenvalue weighted by Crippen LogP contribution is -2.32. The van der Waals surface area contributed by atoms with Crippen LogP contribution in [0.15, 0.2) is 29.2 Å². The second-order valence-electron chi connectivity index (χ2n) is 4.22. The summed E-state index contributed by atoms with van der Waals surface area (Å²) >= 11 is 1.56. The number of amides is 1. The molecule has 1 aliphatic rings. The van der Waals surface area contributed by atoms with Crippen molar-refractivity contribution in [1.29, 1.82) is 0 Å². The van der Waals surface area contributed by atoms with Crippen LogP contribution in [0, 0.1) is 0 Å². The van der Waals surface area contributed by atoms with Crippen LogP contribution in [0.1, 0.15) is 19.8 Å². The summed E-state index contributed by atoms with van der Waals surface area (Å²) in [5.41, 5.74) is 0. The average Bonchev–Trinajstić information content (AvgIpc) is 3.13. The lowest BCUT2D eigenvalue weighted by atomic mass is 10.3. The number of rotatable bonds is 5. The van der Waals surface area contributed by atoms with E-state index in [9.17, 15) is 4.79 Å². The molecular formula is C13H17NO2S. The Bertz CT molecular complexity index is 404. The molecule has 0 radical (unpaired) electrons. The van der Waals surface area contributed by atoms with E-state index in [1.165, 1.54) is 0 Å². The third-order valence-corrected chi connectivity index (χ3v) is 3.74. The van der Waals surface area contributed by atoms with Crippen LogP contribution in [0.4, 0.5) is 0 Å². The highest BCUT2D eigenvalue weighted by Gasteiger charge is 2.25. The van der Waals surface area contributed by atoms with Crippen LogP contribution in [0.3, 0.4) is 0 Å². The van der Waals surface area contributed by atoms with Gasteiger partial charge in [-0.2, -0.15) is 0 Å². The maximum Gasteiger partial charge on any atom is 0.233 e. The summed E-state index contributed by atoms with van der Waals surface area (Å²) in [6, 6.07) is 8.21. The number of thioether (sulfide) groups is 1. The van der Waals surface area contributed by atoms with Crippen LogP contribution in [-0.2, 0) is 4.79 Å². The third-order valence-electron chi connectivity index (χ3n) is 2.65. The minimum absolute atomic E-state index is 0.0669.